The first kappa shape index (κ1) is 75.3. The van der Waals surface area contributed by atoms with Gasteiger partial charge >= 0.3 is 5.97 Å². The highest BCUT2D eigenvalue weighted by Gasteiger charge is 2.41. The molecule has 1 aliphatic rings. The van der Waals surface area contributed by atoms with Crippen LogP contribution in [0.5, 0.6) is 0 Å². The molecule has 18 N–H and O–H groups in total. The van der Waals surface area contributed by atoms with Crippen LogP contribution in [0.15, 0.2) is 30.3 Å². The molecule has 1 aromatic carbocycles. The molecule has 0 saturated carbocycles. The minimum atomic E-state index is -1.82. The molecule has 1 heterocycles. The van der Waals surface area contributed by atoms with E-state index < -0.39 is 199 Å². The van der Waals surface area contributed by atoms with Gasteiger partial charge in [0.25, 0.3) is 0 Å². The van der Waals surface area contributed by atoms with Gasteiger partial charge in [-0.2, -0.15) is 0 Å². The molecule has 0 unspecified atom stereocenters. The summed E-state index contributed by atoms with van der Waals surface area (Å²) in [7, 11) is 1.58. The van der Waals surface area contributed by atoms with Crippen molar-refractivity contribution in [2.45, 2.75) is 206 Å². The van der Waals surface area contributed by atoms with Gasteiger partial charge in [-0.15, -0.1) is 0 Å². The first-order valence-corrected chi connectivity index (χ1v) is 29.9. The van der Waals surface area contributed by atoms with Crippen LogP contribution in [-0.2, 0) is 73.5 Å². The summed E-state index contributed by atoms with van der Waals surface area (Å²) in [6.45, 7) is 15.2. The van der Waals surface area contributed by atoms with Crippen molar-refractivity contribution in [1.82, 2.24) is 58.5 Å². The van der Waals surface area contributed by atoms with E-state index in [9.17, 15) is 67.4 Å². The SMILES string of the molecule is CC[C@@H](C)[C@@H](NC(=O)[C@@H](CCC(N)=O)NC(=O)[C@H](CC(N)=O)NC(=O)[C@@H](NC(=O)[C@@H](Cc1ccccc1)NC)[C@@H](C)CC)C(=O)N[C@H](C(=O)N[C@@H](CO)C(=O)N[C@H]1C(=O)N[C@@H](C)C(=O)N[C@@H](CCCN)C(=O)N[C@@H]([C@@H](C)CC)C(=O)O[C@H]1C)[C@@H](C)CC. The molecule has 2 rings (SSSR count). The lowest BCUT2D eigenvalue weighted by Gasteiger charge is -2.31. The van der Waals surface area contributed by atoms with E-state index >= 15 is 0 Å². The molecule has 1 fully saturated rings. The molecular weight excluding hydrogens is 1130 g/mol. The number of aliphatic hydroxyl groups excluding tert-OH is 1. The molecule has 1 aromatic rings. The van der Waals surface area contributed by atoms with Crippen molar-refractivity contribution in [3.05, 3.63) is 35.9 Å². The Morgan fingerprint density at radius 3 is 1.57 bits per heavy atom. The number of benzene rings is 1. The predicted octanol–water partition coefficient (Wildman–Crippen LogP) is -3.31. The minimum Gasteiger partial charge on any atom is -0.458 e. The van der Waals surface area contributed by atoms with E-state index in [0.29, 0.717) is 19.3 Å². The number of esters is 1. The predicted molar refractivity (Wildman–Crippen MR) is 319 cm³/mol. The standard InChI is InChI=1S/C58H96N14O15/c1-12-29(5)43(69-51(79)38(62-11)26-35-20-17-16-18-21-35)54(82)66-39(27-42(61)75)52(80)65-37(23-24-41(60)74)50(78)68-45(31(7)14-3)56(84)70-44(30(6)13-2)55(83)67-40(28-73)53(81)72-47-34(10)87-58(86)46(32(8)15-4)71-49(77)36(22-19-25-59)64-48(76)33(9)63-57(47)85/h16-18,20-21,29-34,36-40,43-47,62,73H,12-15,19,22-28,59H2,1-11H3,(H2,60,74)(H2,61,75)(H,63,85)(H,64,76)(H,65,80)(H,66,82)(H,67,83)(H,68,78)(H,69,79)(H,70,84)(H,71,77)(H,72,81)/t29-,30-,31+,32-,33-,34-,36-,37+,38+,39-,40-,43-,44-,45+,46-,47+/m0/s1. The fraction of sp³-hybridized carbons (Fsp3) is 0.672. The number of cyclic esters (lactones) is 1. The molecule has 1 aliphatic heterocycles. The van der Waals surface area contributed by atoms with Gasteiger partial charge in [-0.05, 0) is 82.4 Å². The zero-order chi connectivity index (χ0) is 65.8. The summed E-state index contributed by atoms with van der Waals surface area (Å²) >= 11 is 0. The lowest BCUT2D eigenvalue weighted by atomic mass is 9.94. The van der Waals surface area contributed by atoms with Crippen LogP contribution in [0.1, 0.15) is 133 Å². The zero-order valence-corrected chi connectivity index (χ0v) is 52.0. The Hall–Kier alpha value is -7.79. The van der Waals surface area contributed by atoms with Gasteiger partial charge in [0, 0.05) is 6.42 Å². The number of nitrogens with two attached hydrogens (primary N) is 3. The molecule has 0 aromatic heterocycles. The molecule has 29 nitrogen and oxygen atoms in total. The Kier molecular flexibility index (Phi) is 32.6. The highest BCUT2D eigenvalue weighted by Crippen LogP contribution is 2.17. The third-order valence-electron chi connectivity index (χ3n) is 15.7. The van der Waals surface area contributed by atoms with E-state index in [-0.39, 0.29) is 32.2 Å². The van der Waals surface area contributed by atoms with Crippen LogP contribution in [0.3, 0.4) is 0 Å². The highest BCUT2D eigenvalue weighted by molar-refractivity contribution is 6.00. The summed E-state index contributed by atoms with van der Waals surface area (Å²) in [6, 6.07) is -6.44. The monoisotopic (exact) mass is 1230 g/mol. The third-order valence-corrected chi connectivity index (χ3v) is 15.7. The molecule has 87 heavy (non-hydrogen) atoms. The summed E-state index contributed by atoms with van der Waals surface area (Å²) in [5, 5.41) is 38.8. The van der Waals surface area contributed by atoms with Gasteiger partial charge in [-0.25, -0.2) is 4.79 Å². The number of amides is 12. The van der Waals surface area contributed by atoms with E-state index in [1.807, 2.05) is 30.3 Å². The fourth-order valence-corrected chi connectivity index (χ4v) is 9.14. The largest absolute Gasteiger partial charge is 0.458 e. The van der Waals surface area contributed by atoms with E-state index in [1.165, 1.54) is 13.8 Å². The Bertz CT molecular complexity index is 2530. The third kappa shape index (κ3) is 24.1. The number of hydrogen-bond acceptors (Lipinski definition) is 17. The summed E-state index contributed by atoms with van der Waals surface area (Å²) in [4.78, 5) is 178. The second kappa shape index (κ2) is 37.7. The Labute approximate surface area is 508 Å². The number of carbonyl (C=O) groups is 13. The number of ether oxygens (including phenoxy) is 1. The maximum Gasteiger partial charge on any atom is 0.329 e. The maximum absolute atomic E-state index is 14.4. The van der Waals surface area contributed by atoms with Gasteiger partial charge in [0.05, 0.1) is 19.1 Å². The van der Waals surface area contributed by atoms with Crippen LogP contribution >= 0.6 is 0 Å². The van der Waals surface area contributed by atoms with E-state index in [2.05, 4.69) is 58.5 Å². The first-order valence-electron chi connectivity index (χ1n) is 29.9. The van der Waals surface area contributed by atoms with Crippen molar-refractivity contribution >= 4 is 76.9 Å². The van der Waals surface area contributed by atoms with E-state index in [0.717, 1.165) is 5.56 Å². The van der Waals surface area contributed by atoms with E-state index in [4.69, 9.17) is 21.9 Å². The number of rotatable bonds is 34. The quantitative estimate of drug-likeness (QED) is 0.0300. The van der Waals surface area contributed by atoms with Crippen molar-refractivity contribution < 1.29 is 72.2 Å². The average molecular weight is 1230 g/mol. The smallest absolute Gasteiger partial charge is 0.329 e. The molecule has 0 aliphatic carbocycles. The van der Waals surface area contributed by atoms with Crippen molar-refractivity contribution in [3.8, 4) is 0 Å². The van der Waals surface area contributed by atoms with Crippen LogP contribution in [0.25, 0.3) is 0 Å². The average Bonchev–Trinajstić information content (AvgIpc) is 3.77. The Morgan fingerprint density at radius 2 is 1.09 bits per heavy atom. The van der Waals surface area contributed by atoms with Gasteiger partial charge in [0.2, 0.25) is 70.9 Å². The summed E-state index contributed by atoms with van der Waals surface area (Å²) < 4.78 is 5.69. The molecule has 16 atom stereocenters. The Morgan fingerprint density at radius 1 is 0.598 bits per heavy atom. The number of primary amides is 2. The second-order valence-electron chi connectivity index (χ2n) is 22.4. The molecule has 488 valence electrons. The summed E-state index contributed by atoms with van der Waals surface area (Å²) in [5.74, 6) is -14.3. The van der Waals surface area contributed by atoms with Crippen LogP contribution in [0, 0.1) is 23.7 Å². The Balaban J connectivity index is 2.45. The van der Waals surface area contributed by atoms with Gasteiger partial charge in [-0.1, -0.05) is 111 Å². The second-order valence-corrected chi connectivity index (χ2v) is 22.4. The van der Waals surface area contributed by atoms with Gasteiger partial charge in [-0.3, -0.25) is 57.5 Å². The highest BCUT2D eigenvalue weighted by atomic mass is 16.5. The van der Waals surface area contributed by atoms with E-state index in [1.54, 1.807) is 62.4 Å². The van der Waals surface area contributed by atoms with Gasteiger partial charge in [0.1, 0.15) is 66.5 Å². The first-order chi connectivity index (χ1) is 41.0. The normalized spacial score (nSPS) is 21.2. The molecular formula is C58H96N14O15. The lowest BCUT2D eigenvalue weighted by Crippen LogP contribution is -2.63. The number of hydrogen-bond donors (Lipinski definition) is 15. The lowest BCUT2D eigenvalue weighted by molar-refractivity contribution is -0.157. The topological polar surface area (TPSA) is 462 Å². The van der Waals surface area contributed by atoms with Gasteiger partial charge in [0.15, 0.2) is 0 Å². The van der Waals surface area contributed by atoms with Crippen molar-refractivity contribution in [2.24, 2.45) is 40.9 Å². The van der Waals surface area contributed by atoms with Crippen LogP contribution < -0.4 is 75.7 Å². The molecule has 0 spiro atoms. The van der Waals surface area contributed by atoms with Crippen LogP contribution in [0.4, 0.5) is 0 Å². The number of aliphatic hydroxyl groups is 1. The van der Waals surface area contributed by atoms with Crippen LogP contribution in [-0.4, -0.2) is 175 Å². The number of nitrogens with one attached hydrogen (secondary N) is 11. The number of likely N-dealkylation sites (N-methyl/N-ethyl adjacent to an activating group) is 1. The fourth-order valence-electron chi connectivity index (χ4n) is 9.14. The van der Waals surface area contributed by atoms with Gasteiger partial charge < -0.3 is 85.5 Å². The van der Waals surface area contributed by atoms with Crippen molar-refractivity contribution in [3.63, 3.8) is 0 Å². The zero-order valence-electron chi connectivity index (χ0n) is 52.0. The summed E-state index contributed by atoms with van der Waals surface area (Å²) in [6.07, 6.45) is -1.19. The van der Waals surface area contributed by atoms with Crippen LogP contribution in [0.2, 0.25) is 0 Å². The molecule has 1 saturated heterocycles. The maximum atomic E-state index is 14.4. The minimum absolute atomic E-state index is 0.102. The summed E-state index contributed by atoms with van der Waals surface area (Å²) in [5.41, 5.74) is 17.5. The molecule has 0 radical (unpaired) electrons. The number of carbonyl (C=O) groups excluding carboxylic acids is 13. The molecule has 0 bridgehead atoms. The molecule has 12 amide bonds. The van der Waals surface area contributed by atoms with Crippen molar-refractivity contribution in [1.29, 1.82) is 0 Å². The van der Waals surface area contributed by atoms with Crippen molar-refractivity contribution in [2.75, 3.05) is 20.2 Å². The molecule has 29 heteroatoms.